The van der Waals surface area contributed by atoms with Crippen LogP contribution in [0.4, 0.5) is 5.82 Å². The molecule has 0 amide bonds. The van der Waals surface area contributed by atoms with Crippen molar-refractivity contribution in [1.82, 2.24) is 15.2 Å². The number of fused-ring (bicyclic) bond motifs is 1. The van der Waals surface area contributed by atoms with E-state index < -0.39 is 0 Å². The molecule has 0 radical (unpaired) electrons. The number of aromatic amines is 1. The Kier molecular flexibility index (Phi) is 2.85. The van der Waals surface area contributed by atoms with Gasteiger partial charge in [0.1, 0.15) is 0 Å². The van der Waals surface area contributed by atoms with E-state index in [4.69, 9.17) is 0 Å². The summed E-state index contributed by atoms with van der Waals surface area (Å²) in [5, 5.41) is 8.44. The molecule has 0 unspecified atom stereocenters. The van der Waals surface area contributed by atoms with Gasteiger partial charge in [-0.15, -0.1) is 0 Å². The van der Waals surface area contributed by atoms with Gasteiger partial charge in [-0.05, 0) is 12.5 Å². The zero-order chi connectivity index (χ0) is 10.7. The topological polar surface area (TPSA) is 44.8 Å². The average Bonchev–Trinajstić information content (AvgIpc) is 2.69. The summed E-state index contributed by atoms with van der Waals surface area (Å²) >= 11 is 0. The van der Waals surface area contributed by atoms with E-state index >= 15 is 0 Å². The van der Waals surface area contributed by atoms with Crippen LogP contribution in [0.2, 0.25) is 0 Å². The molecule has 0 saturated carbocycles. The Hall–Kier alpha value is -1.58. The van der Waals surface area contributed by atoms with Crippen molar-refractivity contribution in [2.75, 3.05) is 18.5 Å². The first-order valence-corrected chi connectivity index (χ1v) is 5.32. The lowest BCUT2D eigenvalue weighted by atomic mass is 10.3. The van der Waals surface area contributed by atoms with Crippen molar-refractivity contribution in [3.63, 3.8) is 0 Å². The number of anilines is 1. The van der Waals surface area contributed by atoms with Crippen LogP contribution in [0.25, 0.3) is 10.9 Å². The smallest absolute Gasteiger partial charge is 0.158 e. The van der Waals surface area contributed by atoms with Crippen LogP contribution in [0.15, 0.2) is 18.5 Å². The molecule has 0 saturated heterocycles. The number of aromatic nitrogens is 3. The SMILES string of the molecule is CCCCN(C)c1n[nH]c2cnccc12. The fourth-order valence-electron chi connectivity index (χ4n) is 1.64. The Morgan fingerprint density at radius 1 is 1.47 bits per heavy atom. The van der Waals surface area contributed by atoms with Crippen LogP contribution in [-0.2, 0) is 0 Å². The van der Waals surface area contributed by atoms with Gasteiger partial charge < -0.3 is 4.90 Å². The van der Waals surface area contributed by atoms with Crippen molar-refractivity contribution in [3.05, 3.63) is 18.5 Å². The average molecular weight is 204 g/mol. The molecule has 1 N–H and O–H groups in total. The molecule has 15 heavy (non-hydrogen) atoms. The zero-order valence-corrected chi connectivity index (χ0v) is 9.20. The normalized spacial score (nSPS) is 10.8. The highest BCUT2D eigenvalue weighted by atomic mass is 15.3. The van der Waals surface area contributed by atoms with Gasteiger partial charge in [0.2, 0.25) is 0 Å². The molecule has 0 aliphatic heterocycles. The van der Waals surface area contributed by atoms with E-state index in [-0.39, 0.29) is 0 Å². The molecule has 2 aromatic rings. The minimum absolute atomic E-state index is 0.996. The highest BCUT2D eigenvalue weighted by Gasteiger charge is 2.08. The van der Waals surface area contributed by atoms with E-state index in [2.05, 4.69) is 34.1 Å². The van der Waals surface area contributed by atoms with E-state index in [1.807, 2.05) is 6.07 Å². The lowest BCUT2D eigenvalue weighted by molar-refractivity contribution is 0.759. The second-order valence-electron chi connectivity index (χ2n) is 3.74. The minimum atomic E-state index is 0.996. The van der Waals surface area contributed by atoms with E-state index in [0.29, 0.717) is 0 Å². The van der Waals surface area contributed by atoms with Crippen LogP contribution in [0.1, 0.15) is 19.8 Å². The van der Waals surface area contributed by atoms with Crippen LogP contribution in [-0.4, -0.2) is 28.8 Å². The maximum Gasteiger partial charge on any atom is 0.158 e. The number of H-pyrrole nitrogens is 1. The third-order valence-electron chi connectivity index (χ3n) is 2.55. The van der Waals surface area contributed by atoms with Crippen molar-refractivity contribution < 1.29 is 0 Å². The molecule has 80 valence electrons. The maximum absolute atomic E-state index is 4.31. The van der Waals surface area contributed by atoms with Gasteiger partial charge in [0.25, 0.3) is 0 Å². The van der Waals surface area contributed by atoms with Gasteiger partial charge in [0, 0.05) is 25.2 Å². The maximum atomic E-state index is 4.31. The molecule has 2 heterocycles. The van der Waals surface area contributed by atoms with Crippen LogP contribution in [0, 0.1) is 0 Å². The van der Waals surface area contributed by atoms with E-state index in [1.54, 1.807) is 12.4 Å². The van der Waals surface area contributed by atoms with Crippen LogP contribution in [0.5, 0.6) is 0 Å². The summed E-state index contributed by atoms with van der Waals surface area (Å²) in [5.41, 5.74) is 0.996. The van der Waals surface area contributed by atoms with E-state index in [9.17, 15) is 0 Å². The molecule has 4 heteroatoms. The van der Waals surface area contributed by atoms with Gasteiger partial charge in [-0.25, -0.2) is 0 Å². The Labute approximate surface area is 89.3 Å². The first kappa shape index (κ1) is 9.96. The number of pyridine rings is 1. The Morgan fingerprint density at radius 3 is 3.13 bits per heavy atom. The molecule has 4 nitrogen and oxygen atoms in total. The first-order valence-electron chi connectivity index (χ1n) is 5.32. The molecule has 0 bridgehead atoms. The van der Waals surface area contributed by atoms with Gasteiger partial charge in [0.15, 0.2) is 5.82 Å². The van der Waals surface area contributed by atoms with Crippen LogP contribution in [0.3, 0.4) is 0 Å². The van der Waals surface area contributed by atoms with Gasteiger partial charge >= 0.3 is 0 Å². The fraction of sp³-hybridized carbons (Fsp3) is 0.455. The number of nitrogens with one attached hydrogen (secondary N) is 1. The lowest BCUT2D eigenvalue weighted by Gasteiger charge is -2.15. The summed E-state index contributed by atoms with van der Waals surface area (Å²) in [6, 6.07) is 2.00. The predicted molar refractivity (Wildman–Crippen MR) is 62.1 cm³/mol. The molecule has 0 fully saturated rings. The number of nitrogens with zero attached hydrogens (tertiary/aromatic N) is 3. The van der Waals surface area contributed by atoms with E-state index in [1.165, 1.54) is 12.8 Å². The van der Waals surface area contributed by atoms with Crippen LogP contribution >= 0.6 is 0 Å². The van der Waals surface area contributed by atoms with Gasteiger partial charge in [0.05, 0.1) is 11.7 Å². The van der Waals surface area contributed by atoms with Crippen molar-refractivity contribution in [2.45, 2.75) is 19.8 Å². The molecule has 0 aromatic carbocycles. The van der Waals surface area contributed by atoms with Gasteiger partial charge in [-0.1, -0.05) is 13.3 Å². The van der Waals surface area contributed by atoms with Crippen molar-refractivity contribution in [1.29, 1.82) is 0 Å². The molecule has 2 rings (SSSR count). The fourth-order valence-corrected chi connectivity index (χ4v) is 1.64. The number of rotatable bonds is 4. The first-order chi connectivity index (χ1) is 7.33. The zero-order valence-electron chi connectivity index (χ0n) is 9.20. The summed E-state index contributed by atoms with van der Waals surface area (Å²) in [6.07, 6.45) is 6.00. The summed E-state index contributed by atoms with van der Waals surface area (Å²) in [4.78, 5) is 6.24. The minimum Gasteiger partial charge on any atom is -0.358 e. The van der Waals surface area contributed by atoms with Crippen molar-refractivity contribution in [3.8, 4) is 0 Å². The second-order valence-corrected chi connectivity index (χ2v) is 3.74. The number of unbranched alkanes of at least 4 members (excludes halogenated alkanes) is 1. The molecule has 0 spiro atoms. The summed E-state index contributed by atoms with van der Waals surface area (Å²) in [5.74, 6) is 1.01. The molecule has 0 aliphatic rings. The molecular formula is C11H16N4. The predicted octanol–water partition coefficient (Wildman–Crippen LogP) is 2.19. The Balaban J connectivity index is 2.27. The lowest BCUT2D eigenvalue weighted by Crippen LogP contribution is -2.18. The molecule has 2 aromatic heterocycles. The molecular weight excluding hydrogens is 188 g/mol. The van der Waals surface area contributed by atoms with Crippen LogP contribution < -0.4 is 4.90 Å². The number of hydrogen-bond acceptors (Lipinski definition) is 3. The summed E-state index contributed by atoms with van der Waals surface area (Å²) in [7, 11) is 2.08. The highest BCUT2D eigenvalue weighted by Crippen LogP contribution is 2.21. The van der Waals surface area contributed by atoms with Crippen molar-refractivity contribution in [2.24, 2.45) is 0 Å². The Morgan fingerprint density at radius 2 is 2.33 bits per heavy atom. The summed E-state index contributed by atoms with van der Waals surface area (Å²) in [6.45, 7) is 3.24. The Bertz CT molecular complexity index is 435. The van der Waals surface area contributed by atoms with Gasteiger partial charge in [-0.2, -0.15) is 5.10 Å². The monoisotopic (exact) mass is 204 g/mol. The molecule has 0 atom stereocenters. The summed E-state index contributed by atoms with van der Waals surface area (Å²) < 4.78 is 0. The van der Waals surface area contributed by atoms with E-state index in [0.717, 1.165) is 23.3 Å². The second kappa shape index (κ2) is 4.29. The quantitative estimate of drug-likeness (QED) is 0.830. The van der Waals surface area contributed by atoms with Crippen molar-refractivity contribution >= 4 is 16.7 Å². The molecule has 0 aliphatic carbocycles. The third-order valence-corrected chi connectivity index (χ3v) is 2.55. The number of hydrogen-bond donors (Lipinski definition) is 1. The highest BCUT2D eigenvalue weighted by molar-refractivity contribution is 5.89. The van der Waals surface area contributed by atoms with Gasteiger partial charge in [-0.3, -0.25) is 10.1 Å². The third kappa shape index (κ3) is 1.93. The largest absolute Gasteiger partial charge is 0.358 e. The standard InChI is InChI=1S/C11H16N4/c1-3-4-7-15(2)11-9-5-6-12-8-10(9)13-14-11/h5-6,8H,3-4,7H2,1-2H3,(H,13,14).